The first-order valence-electron chi connectivity index (χ1n) is 7.04. The lowest BCUT2D eigenvalue weighted by Gasteiger charge is -2.56. The molecule has 16 heavy (non-hydrogen) atoms. The Kier molecular flexibility index (Phi) is 2.97. The van der Waals surface area contributed by atoms with Gasteiger partial charge in [-0.05, 0) is 69.1 Å². The molecule has 2 nitrogen and oxygen atoms in total. The molecule has 4 fully saturated rings. The molecule has 2 heteroatoms. The first-order chi connectivity index (χ1) is 7.80. The fraction of sp³-hybridized carbons (Fsp3) is 1.00. The molecule has 4 rings (SSSR count). The van der Waals surface area contributed by atoms with Crippen LogP contribution in [0.3, 0.4) is 0 Å². The molecular formula is C14H24O2. The first-order valence-corrected chi connectivity index (χ1v) is 7.04. The maximum Gasteiger partial charge on any atom is 0.0690 e. The molecule has 0 aliphatic heterocycles. The number of unbranched alkanes of at least 4 members (excludes halogenated alkanes) is 1. The molecule has 4 aliphatic rings. The second-order valence-electron chi connectivity index (χ2n) is 6.38. The average molecular weight is 224 g/mol. The van der Waals surface area contributed by atoms with E-state index >= 15 is 0 Å². The van der Waals surface area contributed by atoms with E-state index in [0.717, 1.165) is 37.2 Å². The van der Waals surface area contributed by atoms with E-state index in [1.54, 1.807) is 0 Å². The third-order valence-electron chi connectivity index (χ3n) is 4.94. The van der Waals surface area contributed by atoms with Gasteiger partial charge in [0.25, 0.3) is 0 Å². The van der Waals surface area contributed by atoms with Gasteiger partial charge < -0.3 is 9.84 Å². The molecule has 4 saturated carbocycles. The Labute approximate surface area is 98.4 Å². The summed E-state index contributed by atoms with van der Waals surface area (Å²) in [6.45, 7) is 1.18. The van der Waals surface area contributed by atoms with Crippen LogP contribution in [0.5, 0.6) is 0 Å². The number of aliphatic hydroxyl groups is 1. The minimum atomic E-state index is 0.268. The van der Waals surface area contributed by atoms with Crippen LogP contribution < -0.4 is 0 Å². The molecule has 0 spiro atoms. The van der Waals surface area contributed by atoms with E-state index in [9.17, 15) is 0 Å². The Morgan fingerprint density at radius 2 is 1.50 bits per heavy atom. The molecule has 1 N–H and O–H groups in total. The predicted octanol–water partition coefficient (Wildman–Crippen LogP) is 2.74. The zero-order chi connectivity index (χ0) is 11.0. The summed E-state index contributed by atoms with van der Waals surface area (Å²) in [7, 11) is 0. The van der Waals surface area contributed by atoms with E-state index in [-0.39, 0.29) is 5.60 Å². The van der Waals surface area contributed by atoms with Crippen LogP contribution in [-0.4, -0.2) is 23.9 Å². The summed E-state index contributed by atoms with van der Waals surface area (Å²) in [6, 6.07) is 0. The zero-order valence-electron chi connectivity index (χ0n) is 10.2. The summed E-state index contributed by atoms with van der Waals surface area (Å²) in [4.78, 5) is 0. The van der Waals surface area contributed by atoms with Crippen LogP contribution >= 0.6 is 0 Å². The quantitative estimate of drug-likeness (QED) is 0.728. The van der Waals surface area contributed by atoms with Crippen LogP contribution in [0.25, 0.3) is 0 Å². The van der Waals surface area contributed by atoms with Gasteiger partial charge in [0.05, 0.1) is 5.60 Å². The van der Waals surface area contributed by atoms with Crippen LogP contribution in [0.15, 0.2) is 0 Å². The van der Waals surface area contributed by atoms with Crippen LogP contribution in [0.4, 0.5) is 0 Å². The van der Waals surface area contributed by atoms with Gasteiger partial charge in [0.1, 0.15) is 0 Å². The van der Waals surface area contributed by atoms with Gasteiger partial charge in [-0.2, -0.15) is 0 Å². The van der Waals surface area contributed by atoms with Crippen molar-refractivity contribution in [1.29, 1.82) is 0 Å². The summed E-state index contributed by atoms with van der Waals surface area (Å²) in [6.07, 6.45) is 10.4. The van der Waals surface area contributed by atoms with Crippen LogP contribution in [0.2, 0.25) is 0 Å². The van der Waals surface area contributed by atoms with Crippen molar-refractivity contribution >= 4 is 0 Å². The van der Waals surface area contributed by atoms with E-state index in [1.807, 2.05) is 0 Å². The fourth-order valence-electron chi connectivity index (χ4n) is 4.71. The highest BCUT2D eigenvalue weighted by atomic mass is 16.5. The van der Waals surface area contributed by atoms with Gasteiger partial charge in [-0.15, -0.1) is 0 Å². The Bertz CT molecular complexity index is 214. The number of rotatable bonds is 5. The number of ether oxygens (including phenoxy) is 1. The lowest BCUT2D eigenvalue weighted by molar-refractivity contribution is -0.162. The molecule has 0 atom stereocenters. The van der Waals surface area contributed by atoms with Crippen molar-refractivity contribution in [3.05, 3.63) is 0 Å². The molecule has 4 bridgehead atoms. The molecule has 92 valence electrons. The largest absolute Gasteiger partial charge is 0.396 e. The third kappa shape index (κ3) is 2.02. The van der Waals surface area contributed by atoms with Crippen molar-refractivity contribution in [2.45, 2.75) is 57.0 Å². The second-order valence-corrected chi connectivity index (χ2v) is 6.38. The third-order valence-corrected chi connectivity index (χ3v) is 4.94. The fourth-order valence-corrected chi connectivity index (χ4v) is 4.71. The highest BCUT2D eigenvalue weighted by Gasteiger charge is 2.51. The molecule has 0 aromatic heterocycles. The van der Waals surface area contributed by atoms with E-state index in [2.05, 4.69) is 0 Å². The average Bonchev–Trinajstić information content (AvgIpc) is 2.22. The van der Waals surface area contributed by atoms with E-state index in [0.29, 0.717) is 6.61 Å². The Morgan fingerprint density at radius 3 is 2.00 bits per heavy atom. The minimum Gasteiger partial charge on any atom is -0.396 e. The minimum absolute atomic E-state index is 0.268. The standard InChI is InChI=1S/C14H24O2/c15-3-1-2-4-16-14-8-11-5-12(9-14)7-13(6-11)10-14/h11-13,15H,1-10H2. The van der Waals surface area contributed by atoms with Crippen molar-refractivity contribution in [3.8, 4) is 0 Å². The lowest BCUT2D eigenvalue weighted by atomic mass is 9.54. The predicted molar refractivity (Wildman–Crippen MR) is 63.2 cm³/mol. The van der Waals surface area contributed by atoms with Crippen LogP contribution in [-0.2, 0) is 4.74 Å². The highest BCUT2D eigenvalue weighted by molar-refractivity contribution is 5.03. The summed E-state index contributed by atoms with van der Waals surface area (Å²) in [5.41, 5.74) is 0.268. The van der Waals surface area contributed by atoms with Crippen molar-refractivity contribution in [2.75, 3.05) is 13.2 Å². The zero-order valence-corrected chi connectivity index (χ0v) is 10.2. The van der Waals surface area contributed by atoms with Crippen molar-refractivity contribution < 1.29 is 9.84 Å². The molecule has 0 unspecified atom stereocenters. The topological polar surface area (TPSA) is 29.5 Å². The molecule has 0 aromatic rings. The molecular weight excluding hydrogens is 200 g/mol. The lowest BCUT2D eigenvalue weighted by Crippen LogP contribution is -2.52. The summed E-state index contributed by atoms with van der Waals surface area (Å²) in [5.74, 6) is 2.93. The van der Waals surface area contributed by atoms with E-state index < -0.39 is 0 Å². The summed E-state index contributed by atoms with van der Waals surface area (Å²) >= 11 is 0. The smallest absolute Gasteiger partial charge is 0.0690 e. The van der Waals surface area contributed by atoms with Gasteiger partial charge in [0.15, 0.2) is 0 Å². The Morgan fingerprint density at radius 1 is 0.938 bits per heavy atom. The molecule has 4 aliphatic carbocycles. The SMILES string of the molecule is OCCCCOC12CC3CC(CC(C3)C1)C2. The number of aliphatic hydroxyl groups excluding tert-OH is 1. The van der Waals surface area contributed by atoms with Crippen molar-refractivity contribution in [1.82, 2.24) is 0 Å². The summed E-state index contributed by atoms with van der Waals surface area (Å²) < 4.78 is 6.23. The van der Waals surface area contributed by atoms with Crippen LogP contribution in [0.1, 0.15) is 51.4 Å². The molecule has 0 aromatic carbocycles. The van der Waals surface area contributed by atoms with Gasteiger partial charge in [-0.3, -0.25) is 0 Å². The number of hydrogen-bond acceptors (Lipinski definition) is 2. The summed E-state index contributed by atoms with van der Waals surface area (Å²) in [5, 5.41) is 8.77. The maximum atomic E-state index is 8.77. The van der Waals surface area contributed by atoms with Crippen LogP contribution in [0, 0.1) is 17.8 Å². The van der Waals surface area contributed by atoms with Gasteiger partial charge in [0, 0.05) is 13.2 Å². The Hall–Kier alpha value is -0.0800. The molecule has 0 saturated heterocycles. The second kappa shape index (κ2) is 4.30. The molecule has 0 amide bonds. The first kappa shape index (κ1) is 11.0. The monoisotopic (exact) mass is 224 g/mol. The Balaban J connectivity index is 1.56. The maximum absolute atomic E-state index is 8.77. The molecule has 0 radical (unpaired) electrons. The normalized spacial score (nSPS) is 45.2. The highest BCUT2D eigenvalue weighted by Crippen LogP contribution is 2.57. The van der Waals surface area contributed by atoms with Gasteiger partial charge in [0.2, 0.25) is 0 Å². The number of hydrogen-bond donors (Lipinski definition) is 1. The van der Waals surface area contributed by atoms with Gasteiger partial charge >= 0.3 is 0 Å². The molecule has 0 heterocycles. The van der Waals surface area contributed by atoms with E-state index in [4.69, 9.17) is 9.84 Å². The van der Waals surface area contributed by atoms with E-state index in [1.165, 1.54) is 38.5 Å². The van der Waals surface area contributed by atoms with Gasteiger partial charge in [-0.1, -0.05) is 0 Å². The van der Waals surface area contributed by atoms with Gasteiger partial charge in [-0.25, -0.2) is 0 Å². The van der Waals surface area contributed by atoms with Crippen molar-refractivity contribution in [3.63, 3.8) is 0 Å². The van der Waals surface area contributed by atoms with Crippen molar-refractivity contribution in [2.24, 2.45) is 17.8 Å².